The second kappa shape index (κ2) is 4.14. The third-order valence-corrected chi connectivity index (χ3v) is 3.15. The number of sulfonamides is 1. The Balaban J connectivity index is 2.98. The van der Waals surface area contributed by atoms with Gasteiger partial charge >= 0.3 is 0 Å². The maximum absolute atomic E-state index is 12.8. The van der Waals surface area contributed by atoms with Gasteiger partial charge < -0.3 is 0 Å². The molecule has 0 amide bonds. The van der Waals surface area contributed by atoms with Crippen LogP contribution in [0.1, 0.15) is 5.56 Å². The minimum absolute atomic E-state index is 0.183. The second-order valence-corrected chi connectivity index (χ2v) is 5.15. The molecule has 14 heavy (non-hydrogen) atoms. The summed E-state index contributed by atoms with van der Waals surface area (Å²) >= 11 is 5.18. The molecule has 0 aliphatic carbocycles. The highest BCUT2D eigenvalue weighted by molar-refractivity contribution is 7.93. The third kappa shape index (κ3) is 3.16. The van der Waals surface area contributed by atoms with Crippen LogP contribution in [0.25, 0.3) is 0 Å². The topological polar surface area (TPSA) is 46.2 Å². The van der Waals surface area contributed by atoms with Crippen molar-refractivity contribution in [2.75, 3.05) is 9.93 Å². The standard InChI is InChI=1S/C8H9ClFNO2S/c1-6-2-7(10)4-8(3-6)11-14(12,13)5-9/h2-4,11H,5H2,1H3. The fourth-order valence-electron chi connectivity index (χ4n) is 1.00. The van der Waals surface area contributed by atoms with Gasteiger partial charge in [0, 0.05) is 0 Å². The van der Waals surface area contributed by atoms with Crippen molar-refractivity contribution in [2.45, 2.75) is 6.92 Å². The van der Waals surface area contributed by atoms with Crippen LogP contribution in [-0.2, 0) is 10.0 Å². The first-order valence-electron chi connectivity index (χ1n) is 3.76. The maximum atomic E-state index is 12.8. The lowest BCUT2D eigenvalue weighted by Gasteiger charge is -2.05. The molecular weight excluding hydrogens is 229 g/mol. The number of halogens is 2. The summed E-state index contributed by atoms with van der Waals surface area (Å²) in [5.74, 6) is -0.489. The van der Waals surface area contributed by atoms with Gasteiger partial charge in [-0.1, -0.05) is 0 Å². The summed E-state index contributed by atoms with van der Waals surface area (Å²) in [4.78, 5) is 0. The number of aryl methyl sites for hydroxylation is 1. The Morgan fingerprint density at radius 2 is 2.07 bits per heavy atom. The predicted octanol–water partition coefficient (Wildman–Crippen LogP) is 2.07. The van der Waals surface area contributed by atoms with E-state index in [2.05, 4.69) is 4.72 Å². The molecule has 1 aromatic rings. The van der Waals surface area contributed by atoms with Crippen LogP contribution in [0.15, 0.2) is 18.2 Å². The van der Waals surface area contributed by atoms with Crippen molar-refractivity contribution in [2.24, 2.45) is 0 Å². The van der Waals surface area contributed by atoms with Crippen molar-refractivity contribution in [3.8, 4) is 0 Å². The highest BCUT2D eigenvalue weighted by Crippen LogP contribution is 2.14. The lowest BCUT2D eigenvalue weighted by atomic mass is 10.2. The van der Waals surface area contributed by atoms with Crippen molar-refractivity contribution < 1.29 is 12.8 Å². The molecular formula is C8H9ClFNO2S. The molecule has 78 valence electrons. The lowest BCUT2D eigenvalue weighted by Crippen LogP contribution is -2.13. The summed E-state index contributed by atoms with van der Waals surface area (Å²) in [6, 6.07) is 3.92. The summed E-state index contributed by atoms with van der Waals surface area (Å²) in [5, 5.41) is -0.553. The first kappa shape index (κ1) is 11.3. The highest BCUT2D eigenvalue weighted by atomic mass is 35.5. The second-order valence-electron chi connectivity index (χ2n) is 2.84. The van der Waals surface area contributed by atoms with Crippen LogP contribution in [0, 0.1) is 12.7 Å². The largest absolute Gasteiger partial charge is 0.282 e. The van der Waals surface area contributed by atoms with Gasteiger partial charge in [-0.25, -0.2) is 12.8 Å². The number of nitrogens with one attached hydrogen (secondary N) is 1. The zero-order chi connectivity index (χ0) is 10.8. The zero-order valence-electron chi connectivity index (χ0n) is 7.42. The molecule has 0 fully saturated rings. The average molecular weight is 238 g/mol. The molecule has 0 aliphatic heterocycles. The zero-order valence-corrected chi connectivity index (χ0v) is 8.99. The molecule has 6 heteroatoms. The lowest BCUT2D eigenvalue weighted by molar-refractivity contribution is 0.605. The third-order valence-electron chi connectivity index (χ3n) is 1.46. The van der Waals surface area contributed by atoms with Crippen LogP contribution in [0.2, 0.25) is 0 Å². The van der Waals surface area contributed by atoms with Crippen LogP contribution < -0.4 is 4.72 Å². The number of hydrogen-bond donors (Lipinski definition) is 1. The number of anilines is 1. The smallest absolute Gasteiger partial charge is 0.246 e. The van der Waals surface area contributed by atoms with Crippen LogP contribution in [0.3, 0.4) is 0 Å². The Labute approximate surface area is 86.9 Å². The van der Waals surface area contributed by atoms with E-state index in [-0.39, 0.29) is 5.69 Å². The first-order valence-corrected chi connectivity index (χ1v) is 5.95. The van der Waals surface area contributed by atoms with Crippen molar-refractivity contribution in [3.63, 3.8) is 0 Å². The SMILES string of the molecule is Cc1cc(F)cc(NS(=O)(=O)CCl)c1. The van der Waals surface area contributed by atoms with Crippen molar-refractivity contribution in [1.29, 1.82) is 0 Å². The molecule has 0 radical (unpaired) electrons. The van der Waals surface area contributed by atoms with E-state index in [9.17, 15) is 12.8 Å². The Bertz CT molecular complexity index is 413. The van der Waals surface area contributed by atoms with Gasteiger partial charge in [0.1, 0.15) is 11.0 Å². The molecule has 0 spiro atoms. The molecule has 0 heterocycles. The van der Waals surface area contributed by atoms with E-state index in [1.807, 2.05) is 0 Å². The molecule has 0 aromatic heterocycles. The van der Waals surface area contributed by atoms with Crippen molar-refractivity contribution in [1.82, 2.24) is 0 Å². The number of hydrogen-bond acceptors (Lipinski definition) is 2. The average Bonchev–Trinajstić information content (AvgIpc) is 2.01. The van der Waals surface area contributed by atoms with Gasteiger partial charge in [-0.05, 0) is 30.7 Å². The van der Waals surface area contributed by atoms with Crippen LogP contribution in [-0.4, -0.2) is 13.6 Å². The number of rotatable bonds is 3. The fraction of sp³-hybridized carbons (Fsp3) is 0.250. The summed E-state index contributed by atoms with van der Waals surface area (Å²) in [6.45, 7) is 1.67. The Hall–Kier alpha value is -0.810. The Morgan fingerprint density at radius 1 is 1.43 bits per heavy atom. The molecule has 0 aliphatic rings. The van der Waals surface area contributed by atoms with Gasteiger partial charge in [0.25, 0.3) is 0 Å². The quantitative estimate of drug-likeness (QED) is 0.818. The Kier molecular flexibility index (Phi) is 3.34. The monoisotopic (exact) mass is 237 g/mol. The molecule has 3 nitrogen and oxygen atoms in total. The van der Waals surface area contributed by atoms with E-state index < -0.39 is 21.1 Å². The highest BCUT2D eigenvalue weighted by Gasteiger charge is 2.08. The molecule has 0 bridgehead atoms. The van der Waals surface area contributed by atoms with Gasteiger partial charge in [0.05, 0.1) is 5.69 Å². The summed E-state index contributed by atoms with van der Waals surface area (Å²) in [7, 11) is -3.56. The van der Waals surface area contributed by atoms with Gasteiger partial charge in [-0.2, -0.15) is 0 Å². The van der Waals surface area contributed by atoms with Gasteiger partial charge in [0.2, 0.25) is 10.0 Å². The normalized spacial score (nSPS) is 11.4. The number of benzene rings is 1. The van der Waals surface area contributed by atoms with E-state index in [4.69, 9.17) is 11.6 Å². The molecule has 1 rings (SSSR count). The minimum Gasteiger partial charge on any atom is -0.282 e. The Morgan fingerprint density at radius 3 is 2.57 bits per heavy atom. The van der Waals surface area contributed by atoms with Crippen molar-refractivity contribution >= 4 is 27.3 Å². The van der Waals surface area contributed by atoms with Crippen LogP contribution in [0.5, 0.6) is 0 Å². The van der Waals surface area contributed by atoms with Gasteiger partial charge in [0.15, 0.2) is 0 Å². The molecule has 0 unspecified atom stereocenters. The van der Waals surface area contributed by atoms with Gasteiger partial charge in [-0.3, -0.25) is 4.72 Å². The number of alkyl halides is 1. The molecule has 0 atom stereocenters. The molecule has 0 saturated heterocycles. The fourth-order valence-corrected chi connectivity index (χ4v) is 1.70. The van der Waals surface area contributed by atoms with E-state index in [1.54, 1.807) is 6.92 Å². The first-order chi connectivity index (χ1) is 6.43. The predicted molar refractivity (Wildman–Crippen MR) is 54.4 cm³/mol. The van der Waals surface area contributed by atoms with Gasteiger partial charge in [-0.15, -0.1) is 11.6 Å². The molecule has 1 aromatic carbocycles. The van der Waals surface area contributed by atoms with Crippen LogP contribution >= 0.6 is 11.6 Å². The molecule has 1 N–H and O–H groups in total. The summed E-state index contributed by atoms with van der Waals surface area (Å²) in [6.07, 6.45) is 0. The van der Waals surface area contributed by atoms with E-state index in [0.29, 0.717) is 5.56 Å². The van der Waals surface area contributed by atoms with E-state index >= 15 is 0 Å². The summed E-state index contributed by atoms with van der Waals surface area (Å²) in [5.41, 5.74) is 0.820. The van der Waals surface area contributed by atoms with E-state index in [0.717, 1.165) is 6.07 Å². The minimum atomic E-state index is -3.56. The molecule has 0 saturated carbocycles. The van der Waals surface area contributed by atoms with Crippen molar-refractivity contribution in [3.05, 3.63) is 29.6 Å². The van der Waals surface area contributed by atoms with E-state index in [1.165, 1.54) is 12.1 Å². The maximum Gasteiger partial charge on any atom is 0.246 e. The summed E-state index contributed by atoms with van der Waals surface area (Å²) < 4.78 is 37.0. The van der Waals surface area contributed by atoms with Crippen LogP contribution in [0.4, 0.5) is 10.1 Å².